The third kappa shape index (κ3) is 3.73. The fourth-order valence-electron chi connectivity index (χ4n) is 9.75. The fourth-order valence-corrected chi connectivity index (χ4v) is 9.75. The zero-order valence-corrected chi connectivity index (χ0v) is 29.7. The topological polar surface area (TPSA) is 3.24 Å². The smallest absolute Gasteiger partial charge is 0.0543 e. The Morgan fingerprint density at radius 1 is 0.340 bits per heavy atom. The summed E-state index contributed by atoms with van der Waals surface area (Å²) in [7, 11) is 0. The molecule has 50 heavy (non-hydrogen) atoms. The summed E-state index contributed by atoms with van der Waals surface area (Å²) in [6, 6.07) is 52.4. The van der Waals surface area contributed by atoms with Crippen molar-refractivity contribution in [2.75, 3.05) is 4.90 Å². The Bertz CT molecular complexity index is 2510. The zero-order chi connectivity index (χ0) is 34.2. The highest BCUT2D eigenvalue weighted by molar-refractivity contribution is 6.10. The average Bonchev–Trinajstić information content (AvgIpc) is 3.60. The third-order valence-corrected chi connectivity index (χ3v) is 12.4. The summed E-state index contributed by atoms with van der Waals surface area (Å²) < 4.78 is 0. The molecule has 0 unspecified atom stereocenters. The van der Waals surface area contributed by atoms with Crippen molar-refractivity contribution in [1.29, 1.82) is 0 Å². The van der Waals surface area contributed by atoms with Gasteiger partial charge in [-0.3, -0.25) is 0 Å². The number of anilines is 3. The van der Waals surface area contributed by atoms with Crippen molar-refractivity contribution in [2.24, 2.45) is 0 Å². The van der Waals surface area contributed by atoms with Crippen LogP contribution in [-0.2, 0) is 16.2 Å². The molecule has 7 aromatic rings. The van der Waals surface area contributed by atoms with Crippen LogP contribution in [0.2, 0.25) is 0 Å². The molecule has 10 rings (SSSR count). The molecule has 242 valence electrons. The molecular formula is C49H41N. The van der Waals surface area contributed by atoms with Crippen LogP contribution in [0.15, 0.2) is 140 Å². The van der Waals surface area contributed by atoms with Crippen LogP contribution in [0.1, 0.15) is 74.9 Å². The molecule has 0 atom stereocenters. The minimum absolute atomic E-state index is 0.0290. The molecular weight excluding hydrogens is 603 g/mol. The van der Waals surface area contributed by atoms with E-state index in [4.69, 9.17) is 0 Å². The summed E-state index contributed by atoms with van der Waals surface area (Å²) in [6.45, 7) is 14.5. The van der Waals surface area contributed by atoms with Gasteiger partial charge in [-0.05, 0) is 127 Å². The summed E-state index contributed by atoms with van der Waals surface area (Å²) >= 11 is 0. The Labute approximate surface area is 295 Å². The van der Waals surface area contributed by atoms with Gasteiger partial charge < -0.3 is 4.90 Å². The van der Waals surface area contributed by atoms with Gasteiger partial charge in [-0.2, -0.15) is 0 Å². The van der Waals surface area contributed by atoms with Gasteiger partial charge in [0.05, 0.1) is 5.69 Å². The lowest BCUT2D eigenvalue weighted by Crippen LogP contribution is -2.18. The Balaban J connectivity index is 1.21. The highest BCUT2D eigenvalue weighted by Gasteiger charge is 2.45. The maximum Gasteiger partial charge on any atom is 0.0543 e. The van der Waals surface area contributed by atoms with Crippen molar-refractivity contribution in [3.05, 3.63) is 173 Å². The van der Waals surface area contributed by atoms with Gasteiger partial charge in [-0.15, -0.1) is 0 Å². The van der Waals surface area contributed by atoms with Crippen LogP contribution < -0.4 is 4.90 Å². The van der Waals surface area contributed by atoms with Gasteiger partial charge in [0.1, 0.15) is 0 Å². The van der Waals surface area contributed by atoms with E-state index in [1.54, 1.807) is 0 Å². The lowest BCUT2D eigenvalue weighted by Gasteiger charge is -2.29. The third-order valence-electron chi connectivity index (χ3n) is 12.4. The van der Waals surface area contributed by atoms with E-state index in [-0.39, 0.29) is 16.2 Å². The van der Waals surface area contributed by atoms with E-state index in [1.807, 2.05) is 0 Å². The lowest BCUT2D eigenvalue weighted by molar-refractivity contribution is 0.649. The Hall–Kier alpha value is -5.40. The van der Waals surface area contributed by atoms with Crippen LogP contribution in [0.3, 0.4) is 0 Å². The highest BCUT2D eigenvalue weighted by Crippen LogP contribution is 2.60. The standard InChI is InChI=1S/C49H41N/c1-47(2)39-24-16-15-21-32(39)35-25-41-36(26-40(35)47)37-27-43-38(28-42(37)48(41,3)4)46-34-23-14-13-22-33(34)45(29-44(46)49(43,5)6)50(30-17-9-7-10-18-30)31-19-11-8-12-20-31/h7-29H,1-6H3. The van der Waals surface area contributed by atoms with Crippen LogP contribution in [0.5, 0.6) is 0 Å². The first-order valence-corrected chi connectivity index (χ1v) is 18.0. The molecule has 1 heteroatoms. The minimum atomic E-state index is -0.184. The highest BCUT2D eigenvalue weighted by atomic mass is 15.1. The van der Waals surface area contributed by atoms with Crippen molar-refractivity contribution in [2.45, 2.75) is 57.8 Å². The molecule has 1 nitrogen and oxygen atoms in total. The van der Waals surface area contributed by atoms with Crippen LogP contribution in [-0.4, -0.2) is 0 Å². The summed E-state index contributed by atoms with van der Waals surface area (Å²) in [5, 5.41) is 2.58. The Morgan fingerprint density at radius 3 is 1.36 bits per heavy atom. The van der Waals surface area contributed by atoms with Crippen molar-refractivity contribution >= 4 is 27.8 Å². The van der Waals surface area contributed by atoms with Gasteiger partial charge in [0.2, 0.25) is 0 Å². The summed E-state index contributed by atoms with van der Waals surface area (Å²) in [4.78, 5) is 2.43. The summed E-state index contributed by atoms with van der Waals surface area (Å²) in [5.41, 5.74) is 20.2. The number of hydrogen-bond donors (Lipinski definition) is 0. The van der Waals surface area contributed by atoms with Crippen molar-refractivity contribution in [3.63, 3.8) is 0 Å². The lowest BCUT2D eigenvalue weighted by atomic mass is 9.78. The quantitative estimate of drug-likeness (QED) is 0.185. The number of nitrogens with zero attached hydrogens (tertiary/aromatic N) is 1. The molecule has 0 N–H and O–H groups in total. The minimum Gasteiger partial charge on any atom is -0.310 e. The largest absolute Gasteiger partial charge is 0.310 e. The molecule has 0 spiro atoms. The number of fused-ring (bicyclic) bond motifs is 11. The summed E-state index contributed by atoms with van der Waals surface area (Å²) in [6.07, 6.45) is 0. The first-order chi connectivity index (χ1) is 24.1. The first kappa shape index (κ1) is 29.5. The molecule has 0 amide bonds. The number of para-hydroxylation sites is 2. The van der Waals surface area contributed by atoms with Crippen LogP contribution in [0.4, 0.5) is 17.1 Å². The van der Waals surface area contributed by atoms with Gasteiger partial charge in [0.15, 0.2) is 0 Å². The Morgan fingerprint density at radius 2 is 0.760 bits per heavy atom. The number of benzene rings is 7. The van der Waals surface area contributed by atoms with Crippen molar-refractivity contribution in [1.82, 2.24) is 0 Å². The predicted molar refractivity (Wildman–Crippen MR) is 211 cm³/mol. The molecule has 0 aromatic heterocycles. The molecule has 0 saturated heterocycles. The Kier molecular flexibility index (Phi) is 5.82. The van der Waals surface area contributed by atoms with Crippen molar-refractivity contribution in [3.8, 4) is 33.4 Å². The molecule has 0 heterocycles. The zero-order valence-electron chi connectivity index (χ0n) is 29.7. The second-order valence-corrected chi connectivity index (χ2v) is 16.2. The van der Waals surface area contributed by atoms with Gasteiger partial charge in [0.25, 0.3) is 0 Å². The molecule has 0 fully saturated rings. The average molecular weight is 644 g/mol. The fraction of sp³-hybridized carbons (Fsp3) is 0.184. The maximum absolute atomic E-state index is 2.57. The monoisotopic (exact) mass is 643 g/mol. The normalized spacial score (nSPS) is 16.3. The van der Waals surface area contributed by atoms with Gasteiger partial charge in [-0.1, -0.05) is 126 Å². The summed E-state index contributed by atoms with van der Waals surface area (Å²) in [5.74, 6) is 0. The molecule has 0 aliphatic heterocycles. The van der Waals surface area contributed by atoms with Crippen LogP contribution in [0.25, 0.3) is 44.2 Å². The van der Waals surface area contributed by atoms with E-state index < -0.39 is 0 Å². The molecule has 0 bridgehead atoms. The maximum atomic E-state index is 2.57. The van der Waals surface area contributed by atoms with E-state index >= 15 is 0 Å². The second-order valence-electron chi connectivity index (χ2n) is 16.2. The molecule has 3 aliphatic rings. The van der Waals surface area contributed by atoms with Gasteiger partial charge in [-0.25, -0.2) is 0 Å². The van der Waals surface area contributed by atoms with E-state index in [1.165, 1.54) is 83.2 Å². The van der Waals surface area contributed by atoms with Gasteiger partial charge in [0, 0.05) is 33.0 Å². The molecule has 0 saturated carbocycles. The van der Waals surface area contributed by atoms with Crippen molar-refractivity contribution < 1.29 is 0 Å². The van der Waals surface area contributed by atoms with E-state index in [0.29, 0.717) is 0 Å². The predicted octanol–water partition coefficient (Wildman–Crippen LogP) is 13.2. The van der Waals surface area contributed by atoms with E-state index in [9.17, 15) is 0 Å². The number of rotatable bonds is 3. The van der Waals surface area contributed by atoms with Crippen LogP contribution >= 0.6 is 0 Å². The molecule has 0 radical (unpaired) electrons. The van der Waals surface area contributed by atoms with Crippen LogP contribution in [0, 0.1) is 0 Å². The number of hydrogen-bond acceptors (Lipinski definition) is 1. The molecule has 7 aromatic carbocycles. The second kappa shape index (κ2) is 9.86. The van der Waals surface area contributed by atoms with E-state index in [2.05, 4.69) is 186 Å². The SMILES string of the molecule is CC1(C)c2ccccc2-c2cc3c(cc21)-c1cc2c(cc1C3(C)C)-c1c(cc(N(c3ccccc3)c3ccccc3)c3ccccc13)C2(C)C. The molecule has 3 aliphatic carbocycles. The first-order valence-electron chi connectivity index (χ1n) is 18.0. The van der Waals surface area contributed by atoms with Gasteiger partial charge >= 0.3 is 0 Å². The van der Waals surface area contributed by atoms with E-state index in [0.717, 1.165) is 11.4 Å².